The van der Waals surface area contributed by atoms with Gasteiger partial charge in [-0.1, -0.05) is 84.6 Å². The number of aryl methyl sites for hydroxylation is 2. The maximum absolute atomic E-state index is 15.0. The van der Waals surface area contributed by atoms with Gasteiger partial charge in [-0.05, 0) is 76.9 Å². The third-order valence-electron chi connectivity index (χ3n) is 13.6. The highest BCUT2D eigenvalue weighted by molar-refractivity contribution is 8.02. The first-order valence-corrected chi connectivity index (χ1v) is 24.2. The zero-order valence-corrected chi connectivity index (χ0v) is 39.4. The Morgan fingerprint density at radius 3 is 1.26 bits per heavy atom. The van der Waals surface area contributed by atoms with Gasteiger partial charge in [-0.15, -0.1) is 23.5 Å². The molecular formula is C50H50N8O6S2. The standard InChI is InChI=1S/C50H50N8O6S2/c1-31-21-23-39-37(27-31)49(55(41(59)29-65-49)43-33(3)51(5)57(45(43)61)35-17-11-9-12-18-35)47(63)53(39)25-15-7-8-16-26-54-40-24-22-32(2)28-38(40)50(48(54)64)56(42(60)30-66-50)44-34(4)52(6)58(46(44)62)36-19-13-10-14-20-36/h9-14,17-24,27-28H,7-8,15-16,25-26,29-30H2,1-6H3. The maximum atomic E-state index is 15.0. The summed E-state index contributed by atoms with van der Waals surface area (Å²) in [7, 11) is 3.57. The summed E-state index contributed by atoms with van der Waals surface area (Å²) >= 11 is 2.53. The van der Waals surface area contributed by atoms with Gasteiger partial charge in [0.05, 0.1) is 45.6 Å². The van der Waals surface area contributed by atoms with Crippen LogP contribution in [-0.4, -0.2) is 67.0 Å². The fourth-order valence-electron chi connectivity index (χ4n) is 10.3. The molecule has 2 fully saturated rings. The van der Waals surface area contributed by atoms with Crippen LogP contribution in [0.25, 0.3) is 11.4 Å². The zero-order chi connectivity index (χ0) is 46.4. The smallest absolute Gasteiger partial charge is 0.295 e. The van der Waals surface area contributed by atoms with Crippen LogP contribution in [0.15, 0.2) is 107 Å². The minimum atomic E-state index is -1.43. The van der Waals surface area contributed by atoms with Gasteiger partial charge >= 0.3 is 0 Å². The molecular weight excluding hydrogens is 873 g/mol. The summed E-state index contributed by atoms with van der Waals surface area (Å²) in [4.78, 5) is 90.3. The van der Waals surface area contributed by atoms with E-state index in [-0.39, 0.29) is 57.6 Å². The van der Waals surface area contributed by atoms with E-state index in [0.717, 1.165) is 35.3 Å². The van der Waals surface area contributed by atoms with Gasteiger partial charge in [0.2, 0.25) is 21.6 Å². The van der Waals surface area contributed by atoms with E-state index in [9.17, 15) is 28.8 Å². The van der Waals surface area contributed by atoms with Crippen molar-refractivity contribution in [3.8, 4) is 11.4 Å². The molecule has 0 saturated carbocycles. The molecule has 338 valence electrons. The van der Waals surface area contributed by atoms with Gasteiger partial charge < -0.3 is 9.80 Å². The third-order valence-corrected chi connectivity index (χ3v) is 16.4. The van der Waals surface area contributed by atoms with Crippen molar-refractivity contribution in [1.82, 2.24) is 18.7 Å². The molecule has 14 nitrogen and oxygen atoms in total. The largest absolute Gasteiger partial charge is 0.309 e. The molecule has 10 rings (SSSR count). The second-order valence-electron chi connectivity index (χ2n) is 17.5. The Kier molecular flexibility index (Phi) is 10.6. The highest BCUT2D eigenvalue weighted by Gasteiger charge is 2.63. The highest BCUT2D eigenvalue weighted by Crippen LogP contribution is 2.57. The summed E-state index contributed by atoms with van der Waals surface area (Å²) in [5.41, 5.74) is 6.86. The molecule has 2 atom stereocenters. The van der Waals surface area contributed by atoms with Crippen LogP contribution in [-0.2, 0) is 43.0 Å². The van der Waals surface area contributed by atoms with Crippen LogP contribution in [0.4, 0.5) is 22.7 Å². The Balaban J connectivity index is 0.876. The number of para-hydroxylation sites is 2. The van der Waals surface area contributed by atoms with E-state index in [2.05, 4.69) is 0 Å². The third kappa shape index (κ3) is 6.16. The number of carbonyl (C=O) groups excluding carboxylic acids is 4. The van der Waals surface area contributed by atoms with Crippen LogP contribution in [0.1, 0.15) is 59.3 Å². The summed E-state index contributed by atoms with van der Waals surface area (Å²) in [6, 6.07) is 30.3. The number of fused-ring (bicyclic) bond motifs is 4. The summed E-state index contributed by atoms with van der Waals surface area (Å²) in [6.45, 7) is 8.33. The topological polar surface area (TPSA) is 135 Å². The fraction of sp³-hybridized carbons (Fsp3) is 0.320. The van der Waals surface area contributed by atoms with E-state index in [1.807, 2.05) is 111 Å². The zero-order valence-electron chi connectivity index (χ0n) is 37.7. The van der Waals surface area contributed by atoms with Gasteiger partial charge in [-0.2, -0.15) is 0 Å². The molecule has 2 aromatic heterocycles. The molecule has 4 aromatic carbocycles. The lowest BCUT2D eigenvalue weighted by molar-refractivity contribution is -0.123. The molecule has 4 amide bonds. The first-order valence-electron chi connectivity index (χ1n) is 22.2. The predicted octanol–water partition coefficient (Wildman–Crippen LogP) is 6.72. The molecule has 6 heterocycles. The monoisotopic (exact) mass is 922 g/mol. The molecule has 4 aliphatic heterocycles. The minimum absolute atomic E-state index is 0.0480. The van der Waals surface area contributed by atoms with Gasteiger partial charge in [-0.3, -0.25) is 47.9 Å². The first kappa shape index (κ1) is 43.4. The van der Waals surface area contributed by atoms with Gasteiger partial charge in [0, 0.05) is 38.3 Å². The quantitative estimate of drug-likeness (QED) is 0.131. The molecule has 2 spiro atoms. The highest BCUT2D eigenvalue weighted by atomic mass is 32.2. The first-order chi connectivity index (χ1) is 31.7. The van der Waals surface area contributed by atoms with Crippen LogP contribution in [0, 0.1) is 27.7 Å². The van der Waals surface area contributed by atoms with Crippen molar-refractivity contribution in [3.63, 3.8) is 0 Å². The molecule has 0 bridgehead atoms. The molecule has 0 N–H and O–H groups in total. The van der Waals surface area contributed by atoms with E-state index in [4.69, 9.17) is 0 Å². The molecule has 4 aliphatic rings. The number of carbonyl (C=O) groups is 4. The molecule has 2 unspecified atom stereocenters. The lowest BCUT2D eigenvalue weighted by atomic mass is 10.0. The molecule has 0 radical (unpaired) electrons. The van der Waals surface area contributed by atoms with E-state index >= 15 is 0 Å². The fourth-order valence-corrected chi connectivity index (χ4v) is 13.0. The molecule has 6 aromatic rings. The lowest BCUT2D eigenvalue weighted by Crippen LogP contribution is -2.51. The van der Waals surface area contributed by atoms with Crippen molar-refractivity contribution in [1.29, 1.82) is 0 Å². The summed E-state index contributed by atoms with van der Waals surface area (Å²) < 4.78 is 6.53. The average Bonchev–Trinajstić information content (AvgIpc) is 4.07. The number of hydrogen-bond donors (Lipinski definition) is 0. The van der Waals surface area contributed by atoms with Crippen molar-refractivity contribution in [2.24, 2.45) is 14.1 Å². The maximum Gasteiger partial charge on any atom is 0.295 e. The Bertz CT molecular complexity index is 2930. The van der Waals surface area contributed by atoms with Gasteiger partial charge in [-0.25, -0.2) is 9.36 Å². The SMILES string of the molecule is Cc1ccc2c(c1)C1(SCC(=O)N1c1c(C)n(C)n(-c3ccccc3)c1=O)C(=O)N2CCCCCCN1C(=O)C2(SCC(=O)N2c2c(C)n(C)n(-c3ccccc3)c2=O)c2cc(C)ccc21. The van der Waals surface area contributed by atoms with Crippen molar-refractivity contribution >= 4 is 69.9 Å². The average molecular weight is 923 g/mol. The van der Waals surface area contributed by atoms with E-state index in [1.54, 1.807) is 47.1 Å². The van der Waals surface area contributed by atoms with Crippen LogP contribution >= 0.6 is 23.5 Å². The number of thioether (sulfide) groups is 2. The summed E-state index contributed by atoms with van der Waals surface area (Å²) in [5.74, 6) is -0.987. The number of amides is 4. The summed E-state index contributed by atoms with van der Waals surface area (Å²) in [6.07, 6.45) is 2.82. The number of benzene rings is 4. The number of nitrogens with zero attached hydrogens (tertiary/aromatic N) is 8. The van der Waals surface area contributed by atoms with Gasteiger partial charge in [0.25, 0.3) is 22.9 Å². The molecule has 0 aliphatic carbocycles. The van der Waals surface area contributed by atoms with Crippen LogP contribution in [0.2, 0.25) is 0 Å². The van der Waals surface area contributed by atoms with Crippen molar-refractivity contribution in [2.45, 2.75) is 63.1 Å². The van der Waals surface area contributed by atoms with E-state index in [1.165, 1.54) is 42.7 Å². The van der Waals surface area contributed by atoms with Crippen molar-refractivity contribution in [2.75, 3.05) is 44.2 Å². The molecule has 66 heavy (non-hydrogen) atoms. The Labute approximate surface area is 390 Å². The Morgan fingerprint density at radius 2 is 0.879 bits per heavy atom. The number of anilines is 4. The predicted molar refractivity (Wildman–Crippen MR) is 260 cm³/mol. The van der Waals surface area contributed by atoms with Crippen LogP contribution in [0.5, 0.6) is 0 Å². The van der Waals surface area contributed by atoms with Gasteiger partial charge in [0.15, 0.2) is 0 Å². The number of hydrogen-bond acceptors (Lipinski definition) is 8. The van der Waals surface area contributed by atoms with Gasteiger partial charge in [0.1, 0.15) is 11.4 Å². The minimum Gasteiger partial charge on any atom is -0.309 e. The molecule has 2 saturated heterocycles. The Hall–Kier alpha value is -6.52. The van der Waals surface area contributed by atoms with E-state index < -0.39 is 9.74 Å². The lowest BCUT2D eigenvalue weighted by Gasteiger charge is -2.32. The van der Waals surface area contributed by atoms with Crippen molar-refractivity contribution in [3.05, 3.63) is 151 Å². The number of rotatable bonds is 11. The normalized spacial score (nSPS) is 20.0. The second-order valence-corrected chi connectivity index (χ2v) is 19.8. The van der Waals surface area contributed by atoms with Crippen LogP contribution in [0.3, 0.4) is 0 Å². The number of unbranched alkanes of at least 4 members (excludes halogenated alkanes) is 3. The Morgan fingerprint density at radius 1 is 0.500 bits per heavy atom. The van der Waals surface area contributed by atoms with Crippen molar-refractivity contribution < 1.29 is 19.2 Å². The molecule has 16 heteroatoms. The second kappa shape index (κ2) is 16.1. The summed E-state index contributed by atoms with van der Waals surface area (Å²) in [5, 5.41) is 0. The van der Waals surface area contributed by atoms with Crippen LogP contribution < -0.4 is 30.7 Å². The number of aromatic nitrogens is 4. The van der Waals surface area contributed by atoms with E-state index in [0.29, 0.717) is 59.8 Å².